The molecular weight excluding hydrogens is 282 g/mol. The van der Waals surface area contributed by atoms with Crippen LogP contribution in [0.4, 0.5) is 0 Å². The lowest BCUT2D eigenvalue weighted by Gasteiger charge is -2.08. The van der Waals surface area contributed by atoms with Crippen molar-refractivity contribution in [3.8, 4) is 10.8 Å². The minimum atomic E-state index is 0.528. The molecule has 2 aromatic heterocycles. The molecule has 0 atom stereocenters. The van der Waals surface area contributed by atoms with Crippen LogP contribution in [0.3, 0.4) is 0 Å². The highest BCUT2D eigenvalue weighted by atomic mass is 32.1. The Kier molecular flexibility index (Phi) is 4.70. The molecule has 1 N–H and O–H groups in total. The summed E-state index contributed by atoms with van der Waals surface area (Å²) in [6.45, 7) is 5.30. The Morgan fingerprint density at radius 2 is 2.14 bits per heavy atom. The van der Waals surface area contributed by atoms with Gasteiger partial charge in [0.1, 0.15) is 0 Å². The van der Waals surface area contributed by atoms with E-state index in [9.17, 15) is 0 Å². The Balaban J connectivity index is 1.60. The minimum Gasteiger partial charge on any atom is -0.420 e. The molecule has 4 nitrogen and oxygen atoms in total. The first-order chi connectivity index (χ1) is 10.2. The fourth-order valence-electron chi connectivity index (χ4n) is 2.68. The maximum atomic E-state index is 5.81. The van der Waals surface area contributed by atoms with Crippen molar-refractivity contribution in [3.63, 3.8) is 0 Å². The summed E-state index contributed by atoms with van der Waals surface area (Å²) in [5, 5.41) is 11.8. The topological polar surface area (TPSA) is 51.0 Å². The molecular formula is C16H23N3OS. The smallest absolute Gasteiger partial charge is 0.257 e. The summed E-state index contributed by atoms with van der Waals surface area (Å²) >= 11 is 1.83. The number of hydrogen-bond donors (Lipinski definition) is 1. The molecule has 5 heteroatoms. The van der Waals surface area contributed by atoms with Gasteiger partial charge in [0.2, 0.25) is 5.89 Å². The Morgan fingerprint density at radius 1 is 1.29 bits per heavy atom. The second-order valence-corrected chi connectivity index (χ2v) is 7.12. The van der Waals surface area contributed by atoms with Crippen LogP contribution in [-0.2, 0) is 19.3 Å². The van der Waals surface area contributed by atoms with Gasteiger partial charge in [-0.25, -0.2) is 0 Å². The monoisotopic (exact) mass is 305 g/mol. The van der Waals surface area contributed by atoms with Gasteiger partial charge in [-0.05, 0) is 50.3 Å². The summed E-state index contributed by atoms with van der Waals surface area (Å²) in [5.74, 6) is 1.45. The molecule has 1 aliphatic carbocycles. The number of aromatic nitrogens is 2. The van der Waals surface area contributed by atoms with Crippen molar-refractivity contribution >= 4 is 11.3 Å². The third-order valence-corrected chi connectivity index (χ3v) is 5.02. The summed E-state index contributed by atoms with van der Waals surface area (Å²) in [5.41, 5.74) is 1.49. The maximum Gasteiger partial charge on any atom is 0.257 e. The van der Waals surface area contributed by atoms with E-state index >= 15 is 0 Å². The number of thiophene rings is 1. The predicted molar refractivity (Wildman–Crippen MR) is 85.7 cm³/mol. The molecule has 2 aromatic rings. The molecule has 0 unspecified atom stereocenters. The van der Waals surface area contributed by atoms with Gasteiger partial charge in [-0.15, -0.1) is 21.5 Å². The molecule has 21 heavy (non-hydrogen) atoms. The first-order valence-electron chi connectivity index (χ1n) is 7.90. The SMILES string of the molecule is CC(C)NCCCc1nnc(-c2cc3c(s2)CCCC3)o1. The van der Waals surface area contributed by atoms with E-state index in [4.69, 9.17) is 4.42 Å². The van der Waals surface area contributed by atoms with Gasteiger partial charge in [0.25, 0.3) is 5.89 Å². The normalized spacial score (nSPS) is 14.6. The van der Waals surface area contributed by atoms with E-state index in [1.165, 1.54) is 36.1 Å². The summed E-state index contributed by atoms with van der Waals surface area (Å²) in [7, 11) is 0. The third-order valence-electron chi connectivity index (χ3n) is 3.79. The van der Waals surface area contributed by atoms with Crippen molar-refractivity contribution in [2.45, 2.75) is 58.4 Å². The summed E-state index contributed by atoms with van der Waals surface area (Å²) in [4.78, 5) is 2.65. The molecule has 0 saturated carbocycles. The molecule has 3 rings (SSSR count). The Labute approximate surface area is 130 Å². The van der Waals surface area contributed by atoms with E-state index in [-0.39, 0.29) is 0 Å². The summed E-state index contributed by atoms with van der Waals surface area (Å²) in [6.07, 6.45) is 6.90. The van der Waals surface area contributed by atoms with Crippen LogP contribution in [-0.4, -0.2) is 22.8 Å². The van der Waals surface area contributed by atoms with Crippen LogP contribution in [0.5, 0.6) is 0 Å². The van der Waals surface area contributed by atoms with Gasteiger partial charge in [-0.2, -0.15) is 0 Å². The zero-order valence-corrected chi connectivity index (χ0v) is 13.6. The fraction of sp³-hybridized carbons (Fsp3) is 0.625. The molecule has 114 valence electrons. The standard InChI is InChI=1S/C16H23N3OS/c1-11(2)17-9-5-8-15-18-19-16(20-15)14-10-12-6-3-4-7-13(12)21-14/h10-11,17H,3-9H2,1-2H3. The van der Waals surface area contributed by atoms with E-state index in [1.54, 1.807) is 0 Å². The quantitative estimate of drug-likeness (QED) is 0.828. The number of hydrogen-bond acceptors (Lipinski definition) is 5. The molecule has 2 heterocycles. The molecule has 0 amide bonds. The minimum absolute atomic E-state index is 0.528. The van der Waals surface area contributed by atoms with Crippen LogP contribution >= 0.6 is 11.3 Å². The molecule has 0 bridgehead atoms. The highest BCUT2D eigenvalue weighted by molar-refractivity contribution is 7.15. The van der Waals surface area contributed by atoms with E-state index < -0.39 is 0 Å². The lowest BCUT2D eigenvalue weighted by molar-refractivity contribution is 0.484. The van der Waals surface area contributed by atoms with Crippen molar-refractivity contribution < 1.29 is 4.42 Å². The van der Waals surface area contributed by atoms with Crippen molar-refractivity contribution in [2.24, 2.45) is 0 Å². The fourth-order valence-corrected chi connectivity index (χ4v) is 3.86. The third kappa shape index (κ3) is 3.71. The average Bonchev–Trinajstić information content (AvgIpc) is 3.09. The zero-order valence-electron chi connectivity index (χ0n) is 12.8. The van der Waals surface area contributed by atoms with Crippen LogP contribution in [0.2, 0.25) is 0 Å². The molecule has 0 radical (unpaired) electrons. The van der Waals surface area contributed by atoms with Gasteiger partial charge in [-0.1, -0.05) is 13.8 Å². The average molecular weight is 305 g/mol. The van der Waals surface area contributed by atoms with Gasteiger partial charge in [-0.3, -0.25) is 0 Å². The van der Waals surface area contributed by atoms with Gasteiger partial charge < -0.3 is 9.73 Å². The van der Waals surface area contributed by atoms with Crippen molar-refractivity contribution in [1.82, 2.24) is 15.5 Å². The van der Waals surface area contributed by atoms with Crippen molar-refractivity contribution in [2.75, 3.05) is 6.54 Å². The zero-order chi connectivity index (χ0) is 14.7. The van der Waals surface area contributed by atoms with E-state index in [2.05, 4.69) is 35.4 Å². The Hall–Kier alpha value is -1.20. The number of nitrogens with one attached hydrogen (secondary N) is 1. The highest BCUT2D eigenvalue weighted by Crippen LogP contribution is 2.35. The second-order valence-electron chi connectivity index (χ2n) is 5.98. The van der Waals surface area contributed by atoms with Crippen LogP contribution in [0.1, 0.15) is 49.4 Å². The number of rotatable bonds is 6. The number of fused-ring (bicyclic) bond motifs is 1. The van der Waals surface area contributed by atoms with Crippen LogP contribution < -0.4 is 5.32 Å². The number of aryl methyl sites for hydroxylation is 3. The Morgan fingerprint density at radius 3 is 2.95 bits per heavy atom. The first kappa shape index (κ1) is 14.7. The van der Waals surface area contributed by atoms with Gasteiger partial charge in [0.05, 0.1) is 4.88 Å². The molecule has 0 aromatic carbocycles. The van der Waals surface area contributed by atoms with Crippen molar-refractivity contribution in [3.05, 3.63) is 22.4 Å². The van der Waals surface area contributed by atoms with Crippen molar-refractivity contribution in [1.29, 1.82) is 0 Å². The van der Waals surface area contributed by atoms with Crippen LogP contribution in [0.25, 0.3) is 10.8 Å². The van der Waals surface area contributed by atoms with Gasteiger partial charge >= 0.3 is 0 Å². The van der Waals surface area contributed by atoms with E-state index in [0.29, 0.717) is 11.9 Å². The number of nitrogens with zero attached hydrogens (tertiary/aromatic N) is 2. The predicted octanol–water partition coefficient (Wildman–Crippen LogP) is 3.61. The lowest BCUT2D eigenvalue weighted by atomic mass is 9.99. The van der Waals surface area contributed by atoms with Gasteiger partial charge in [0, 0.05) is 17.3 Å². The Bertz CT molecular complexity index is 565. The highest BCUT2D eigenvalue weighted by Gasteiger charge is 2.17. The second kappa shape index (κ2) is 6.71. The van der Waals surface area contributed by atoms with E-state index in [1.807, 2.05) is 11.3 Å². The van der Waals surface area contributed by atoms with Crippen LogP contribution in [0.15, 0.2) is 10.5 Å². The largest absolute Gasteiger partial charge is 0.420 e. The molecule has 0 spiro atoms. The molecule has 0 fully saturated rings. The maximum absolute atomic E-state index is 5.81. The lowest BCUT2D eigenvalue weighted by Crippen LogP contribution is -2.23. The summed E-state index contributed by atoms with van der Waals surface area (Å²) in [6, 6.07) is 2.78. The van der Waals surface area contributed by atoms with E-state index in [0.717, 1.165) is 30.2 Å². The van der Waals surface area contributed by atoms with Crippen LogP contribution in [0, 0.1) is 0 Å². The molecule has 0 aliphatic heterocycles. The molecule has 1 aliphatic rings. The first-order valence-corrected chi connectivity index (χ1v) is 8.72. The molecule has 0 saturated heterocycles. The van der Waals surface area contributed by atoms with Gasteiger partial charge in [0.15, 0.2) is 0 Å². The summed E-state index contributed by atoms with van der Waals surface area (Å²) < 4.78 is 5.81.